The molecule has 1 aromatic carbocycles. The lowest BCUT2D eigenvalue weighted by Crippen LogP contribution is -2.46. The first-order chi connectivity index (χ1) is 14.4. The summed E-state index contributed by atoms with van der Waals surface area (Å²) >= 11 is 0. The first-order valence-corrected chi connectivity index (χ1v) is 11.4. The van der Waals surface area contributed by atoms with Crippen LogP contribution in [0.1, 0.15) is 58.4 Å². The van der Waals surface area contributed by atoms with E-state index in [0.717, 1.165) is 50.6 Å². The minimum absolute atomic E-state index is 0.114. The van der Waals surface area contributed by atoms with Crippen molar-refractivity contribution < 1.29 is 9.53 Å². The maximum atomic E-state index is 12.7. The molecule has 1 aliphatic carbocycles. The van der Waals surface area contributed by atoms with Crippen LogP contribution in [-0.2, 0) is 10.2 Å². The van der Waals surface area contributed by atoms with Crippen LogP contribution in [0.15, 0.2) is 29.3 Å². The maximum absolute atomic E-state index is 12.7. The highest BCUT2D eigenvalue weighted by Gasteiger charge is 2.32. The van der Waals surface area contributed by atoms with E-state index >= 15 is 0 Å². The molecule has 30 heavy (non-hydrogen) atoms. The van der Waals surface area contributed by atoms with Gasteiger partial charge in [-0.2, -0.15) is 0 Å². The molecule has 6 nitrogen and oxygen atoms in total. The monoisotopic (exact) mass is 414 g/mol. The zero-order valence-corrected chi connectivity index (χ0v) is 19.0. The predicted octanol–water partition coefficient (Wildman–Crippen LogP) is 3.32. The van der Waals surface area contributed by atoms with Gasteiger partial charge in [0.25, 0.3) is 0 Å². The van der Waals surface area contributed by atoms with E-state index in [1.165, 1.54) is 18.4 Å². The molecule has 2 aliphatic rings. The number of ether oxygens (including phenoxy) is 1. The minimum Gasteiger partial charge on any atom is -0.497 e. The van der Waals surface area contributed by atoms with Crippen molar-refractivity contribution in [2.24, 2.45) is 10.9 Å². The Labute approximate surface area is 181 Å². The molecular formula is C24H38N4O2. The zero-order valence-electron chi connectivity index (χ0n) is 19.0. The summed E-state index contributed by atoms with van der Waals surface area (Å²) in [4.78, 5) is 19.6. The molecule has 2 fully saturated rings. The molecule has 1 heterocycles. The van der Waals surface area contributed by atoms with Crippen LogP contribution in [-0.4, -0.2) is 56.1 Å². The molecule has 2 N–H and O–H groups in total. The number of benzene rings is 1. The molecule has 0 radical (unpaired) electrons. The molecule has 1 unspecified atom stereocenters. The molecule has 0 aromatic heterocycles. The zero-order chi connectivity index (χ0) is 21.6. The molecule has 1 aliphatic heterocycles. The summed E-state index contributed by atoms with van der Waals surface area (Å²) in [5, 5.41) is 6.93. The van der Waals surface area contributed by atoms with E-state index in [0.29, 0.717) is 12.5 Å². The summed E-state index contributed by atoms with van der Waals surface area (Å²) in [5.74, 6) is 2.31. The second-order valence-corrected chi connectivity index (χ2v) is 9.21. The van der Waals surface area contributed by atoms with Crippen molar-refractivity contribution in [2.75, 3.05) is 33.3 Å². The van der Waals surface area contributed by atoms with Crippen LogP contribution in [0, 0.1) is 5.92 Å². The van der Waals surface area contributed by atoms with E-state index in [9.17, 15) is 4.79 Å². The van der Waals surface area contributed by atoms with Crippen molar-refractivity contribution in [3.8, 4) is 5.75 Å². The lowest BCUT2D eigenvalue weighted by molar-refractivity contribution is -0.134. The van der Waals surface area contributed by atoms with Crippen molar-refractivity contribution in [3.63, 3.8) is 0 Å². The molecule has 0 bridgehead atoms. The summed E-state index contributed by atoms with van der Waals surface area (Å²) in [5.41, 5.74) is 1.09. The van der Waals surface area contributed by atoms with Crippen molar-refractivity contribution in [1.29, 1.82) is 0 Å². The Morgan fingerprint density at radius 2 is 2.03 bits per heavy atom. The third-order valence-corrected chi connectivity index (χ3v) is 6.37. The van der Waals surface area contributed by atoms with Crippen molar-refractivity contribution >= 4 is 11.9 Å². The molecule has 1 saturated carbocycles. The fraction of sp³-hybridized carbons (Fsp3) is 0.667. The fourth-order valence-electron chi connectivity index (χ4n) is 4.43. The van der Waals surface area contributed by atoms with Crippen molar-refractivity contribution in [3.05, 3.63) is 29.8 Å². The highest BCUT2D eigenvalue weighted by molar-refractivity contribution is 5.81. The number of rotatable bonds is 7. The molecule has 0 spiro atoms. The smallest absolute Gasteiger partial charge is 0.225 e. The van der Waals surface area contributed by atoms with Crippen LogP contribution >= 0.6 is 0 Å². The number of likely N-dealkylation sites (tertiary alicyclic amines) is 1. The van der Waals surface area contributed by atoms with Crippen molar-refractivity contribution in [1.82, 2.24) is 15.5 Å². The van der Waals surface area contributed by atoms with Gasteiger partial charge in [-0.05, 0) is 43.9 Å². The van der Waals surface area contributed by atoms with E-state index in [4.69, 9.17) is 9.73 Å². The van der Waals surface area contributed by atoms with E-state index in [1.54, 1.807) is 7.11 Å². The van der Waals surface area contributed by atoms with Crippen LogP contribution in [0.5, 0.6) is 5.75 Å². The van der Waals surface area contributed by atoms with Gasteiger partial charge in [0, 0.05) is 37.0 Å². The quantitative estimate of drug-likeness (QED) is 0.531. The number of hydrogen-bond donors (Lipinski definition) is 2. The lowest BCUT2D eigenvalue weighted by Gasteiger charge is -2.25. The Morgan fingerprint density at radius 1 is 1.27 bits per heavy atom. The second-order valence-electron chi connectivity index (χ2n) is 9.21. The number of nitrogens with zero attached hydrogens (tertiary/aromatic N) is 2. The number of nitrogens with one attached hydrogen (secondary N) is 2. The van der Waals surface area contributed by atoms with E-state index in [-0.39, 0.29) is 17.4 Å². The average Bonchev–Trinajstić information content (AvgIpc) is 3.44. The summed E-state index contributed by atoms with van der Waals surface area (Å²) in [6, 6.07) is 8.46. The van der Waals surface area contributed by atoms with Gasteiger partial charge in [0.15, 0.2) is 5.96 Å². The van der Waals surface area contributed by atoms with Gasteiger partial charge in [-0.1, -0.05) is 38.8 Å². The number of carbonyl (C=O) groups excluding carboxylic acids is 1. The molecule has 1 atom stereocenters. The molecule has 1 aromatic rings. The number of methoxy groups -OCH3 is 1. The summed E-state index contributed by atoms with van der Waals surface area (Å²) in [7, 11) is 1.69. The first kappa shape index (κ1) is 22.4. The Morgan fingerprint density at radius 3 is 2.73 bits per heavy atom. The topological polar surface area (TPSA) is 66.0 Å². The van der Waals surface area contributed by atoms with E-state index in [1.807, 2.05) is 12.1 Å². The number of aliphatic imine (C=N–C) groups is 1. The van der Waals surface area contributed by atoms with Crippen LogP contribution < -0.4 is 15.4 Å². The molecule has 6 heteroatoms. The lowest BCUT2D eigenvalue weighted by atomic mass is 9.84. The second kappa shape index (κ2) is 10.2. The van der Waals surface area contributed by atoms with Crippen LogP contribution in [0.2, 0.25) is 0 Å². The standard InChI is InChI=1S/C24H38N4O2/c1-5-25-23(26-17-24(2,3)19-11-8-12-21(15-19)30-4)27-20-13-14-28(16-20)22(29)18-9-6-7-10-18/h8,11-12,15,18,20H,5-7,9-10,13-14,16-17H2,1-4H3,(H2,25,26,27). The summed E-state index contributed by atoms with van der Waals surface area (Å²) in [6.07, 6.45) is 5.51. The van der Waals surface area contributed by atoms with Gasteiger partial charge in [-0.25, -0.2) is 0 Å². The number of carbonyl (C=O) groups is 1. The normalized spacial score (nSPS) is 20.5. The molecule has 3 rings (SSSR count). The maximum Gasteiger partial charge on any atom is 0.225 e. The van der Waals surface area contributed by atoms with Gasteiger partial charge in [-0.3, -0.25) is 9.79 Å². The van der Waals surface area contributed by atoms with Gasteiger partial charge >= 0.3 is 0 Å². The third-order valence-electron chi connectivity index (χ3n) is 6.37. The average molecular weight is 415 g/mol. The summed E-state index contributed by atoms with van der Waals surface area (Å²) in [6.45, 7) is 9.57. The Bertz CT molecular complexity index is 740. The largest absolute Gasteiger partial charge is 0.497 e. The molecule has 1 saturated heterocycles. The number of guanidine groups is 1. The molecular weight excluding hydrogens is 376 g/mol. The fourth-order valence-corrected chi connectivity index (χ4v) is 4.43. The van der Waals surface area contributed by atoms with Crippen LogP contribution in [0.3, 0.4) is 0 Å². The highest BCUT2D eigenvalue weighted by Crippen LogP contribution is 2.28. The highest BCUT2D eigenvalue weighted by atomic mass is 16.5. The van der Waals surface area contributed by atoms with Gasteiger partial charge in [0.2, 0.25) is 5.91 Å². The first-order valence-electron chi connectivity index (χ1n) is 11.4. The van der Waals surface area contributed by atoms with Gasteiger partial charge in [0.1, 0.15) is 5.75 Å². The molecule has 1 amide bonds. The van der Waals surface area contributed by atoms with Gasteiger partial charge in [-0.15, -0.1) is 0 Å². The Kier molecular flexibility index (Phi) is 7.62. The van der Waals surface area contributed by atoms with E-state index in [2.05, 4.69) is 48.4 Å². The van der Waals surface area contributed by atoms with Gasteiger partial charge < -0.3 is 20.3 Å². The minimum atomic E-state index is -0.114. The SMILES string of the molecule is CCNC(=NCC(C)(C)c1cccc(OC)c1)NC1CCN(C(=O)C2CCCC2)C1. The Hall–Kier alpha value is -2.24. The Balaban J connectivity index is 1.59. The third kappa shape index (κ3) is 5.67. The summed E-state index contributed by atoms with van der Waals surface area (Å²) < 4.78 is 5.38. The van der Waals surface area contributed by atoms with Crippen LogP contribution in [0.25, 0.3) is 0 Å². The number of hydrogen-bond acceptors (Lipinski definition) is 3. The van der Waals surface area contributed by atoms with Crippen LogP contribution in [0.4, 0.5) is 0 Å². The van der Waals surface area contributed by atoms with E-state index < -0.39 is 0 Å². The van der Waals surface area contributed by atoms with Gasteiger partial charge in [0.05, 0.1) is 13.7 Å². The predicted molar refractivity (Wildman–Crippen MR) is 122 cm³/mol. The number of amides is 1. The van der Waals surface area contributed by atoms with Crippen molar-refractivity contribution in [2.45, 2.75) is 64.3 Å². The molecule has 166 valence electrons.